The van der Waals surface area contributed by atoms with Crippen molar-refractivity contribution in [2.24, 2.45) is 0 Å². The summed E-state index contributed by atoms with van der Waals surface area (Å²) in [6.45, 7) is 0. The quantitative estimate of drug-likeness (QED) is 0.536. The van der Waals surface area contributed by atoms with E-state index < -0.39 is 11.8 Å². The summed E-state index contributed by atoms with van der Waals surface area (Å²) >= 11 is 6.39. The second-order valence-corrected chi connectivity index (χ2v) is 5.42. The molecule has 1 aromatic heterocycles. The number of nitrogens with one attached hydrogen (secondary N) is 1. The Labute approximate surface area is 129 Å². The van der Waals surface area contributed by atoms with E-state index in [9.17, 15) is 14.8 Å². The van der Waals surface area contributed by atoms with Gasteiger partial charge < -0.3 is 5.21 Å². The number of rotatable bonds is 1. The number of benzene rings is 2. The average Bonchev–Trinajstić information content (AvgIpc) is 2.94. The lowest BCUT2D eigenvalue weighted by Crippen LogP contribution is -2.19. The van der Waals surface area contributed by atoms with E-state index in [2.05, 4.69) is 5.32 Å². The third-order valence-corrected chi connectivity index (χ3v) is 4.17. The largest absolute Gasteiger partial charge is 0.428 e. The first kappa shape index (κ1) is 12.9. The van der Waals surface area contributed by atoms with E-state index in [-0.39, 0.29) is 11.1 Å². The summed E-state index contributed by atoms with van der Waals surface area (Å²) in [5, 5.41) is 13.5. The highest BCUT2D eigenvalue weighted by Gasteiger charge is 2.29. The topological polar surface area (TPSA) is 71.3 Å². The lowest BCUT2D eigenvalue weighted by atomic mass is 10.1. The lowest BCUT2D eigenvalue weighted by molar-refractivity contribution is 0.0879. The van der Waals surface area contributed by atoms with Gasteiger partial charge in [0.1, 0.15) is 5.69 Å². The van der Waals surface area contributed by atoms with Gasteiger partial charge in [-0.1, -0.05) is 41.9 Å². The molecular weight excluding hydrogens is 304 g/mol. The number of imide groups is 1. The molecule has 0 fully saturated rings. The molecule has 5 nitrogen and oxygen atoms in total. The molecule has 0 radical (unpaired) electrons. The monoisotopic (exact) mass is 312 g/mol. The summed E-state index contributed by atoms with van der Waals surface area (Å²) in [5.41, 5.74) is 2.05. The number of amides is 2. The van der Waals surface area contributed by atoms with E-state index in [1.165, 1.54) is 12.1 Å². The van der Waals surface area contributed by atoms with Gasteiger partial charge >= 0.3 is 0 Å². The van der Waals surface area contributed by atoms with Crippen molar-refractivity contribution in [1.29, 1.82) is 0 Å². The maximum Gasteiger partial charge on any atom is 0.259 e. The molecule has 3 aromatic rings. The summed E-state index contributed by atoms with van der Waals surface area (Å²) in [5.74, 6) is -0.926. The van der Waals surface area contributed by atoms with E-state index in [1.807, 2.05) is 30.3 Å². The van der Waals surface area contributed by atoms with E-state index >= 15 is 0 Å². The molecule has 0 saturated carbocycles. The molecule has 0 atom stereocenters. The summed E-state index contributed by atoms with van der Waals surface area (Å²) < 4.78 is 0.948. The molecule has 2 N–H and O–H groups in total. The zero-order chi connectivity index (χ0) is 15.4. The number of aromatic nitrogens is 1. The summed E-state index contributed by atoms with van der Waals surface area (Å²) in [4.78, 5) is 23.5. The molecule has 22 heavy (non-hydrogen) atoms. The van der Waals surface area contributed by atoms with E-state index in [0.717, 1.165) is 10.3 Å². The highest BCUT2D eigenvalue weighted by molar-refractivity contribution is 6.39. The van der Waals surface area contributed by atoms with Gasteiger partial charge in [-0.25, -0.2) is 0 Å². The second-order valence-electron chi connectivity index (χ2n) is 5.04. The fourth-order valence-corrected chi connectivity index (χ4v) is 3.08. The first-order valence-electron chi connectivity index (χ1n) is 6.56. The maximum atomic E-state index is 11.7. The van der Waals surface area contributed by atoms with Gasteiger partial charge in [0, 0.05) is 10.9 Å². The Morgan fingerprint density at radius 2 is 1.64 bits per heavy atom. The number of carbonyl (C=O) groups is 2. The molecule has 0 bridgehead atoms. The summed E-state index contributed by atoms with van der Waals surface area (Å²) in [6.07, 6.45) is 0. The number of halogens is 1. The standard InChI is InChI=1S/C16H9ClN2O3/c17-13-11-6-9-10(16(21)18-15(9)20)7-12(11)19(22)14(13)8-4-2-1-3-5-8/h1-7,22H,(H,18,20,21). The van der Waals surface area contributed by atoms with Crippen LogP contribution in [0.25, 0.3) is 22.2 Å². The molecular formula is C16H9ClN2O3. The normalized spacial score (nSPS) is 13.5. The van der Waals surface area contributed by atoms with Gasteiger partial charge in [0.15, 0.2) is 0 Å². The summed E-state index contributed by atoms with van der Waals surface area (Å²) in [7, 11) is 0. The van der Waals surface area contributed by atoms with Crippen molar-refractivity contribution in [1.82, 2.24) is 10.0 Å². The molecule has 0 saturated heterocycles. The van der Waals surface area contributed by atoms with E-state index in [4.69, 9.17) is 11.6 Å². The van der Waals surface area contributed by atoms with Crippen LogP contribution < -0.4 is 5.32 Å². The van der Waals surface area contributed by atoms with Crippen LogP contribution in [0.15, 0.2) is 42.5 Å². The second kappa shape index (κ2) is 4.35. The fraction of sp³-hybridized carbons (Fsp3) is 0. The van der Waals surface area contributed by atoms with Crippen LogP contribution in [0.1, 0.15) is 20.7 Å². The highest BCUT2D eigenvalue weighted by Crippen LogP contribution is 2.38. The number of hydrogen-bond acceptors (Lipinski definition) is 3. The van der Waals surface area contributed by atoms with Crippen LogP contribution in [-0.2, 0) is 0 Å². The fourth-order valence-electron chi connectivity index (χ4n) is 2.74. The molecule has 1 aliphatic heterocycles. The third-order valence-electron chi connectivity index (χ3n) is 3.78. The van der Waals surface area contributed by atoms with Gasteiger partial charge in [0.25, 0.3) is 11.8 Å². The summed E-state index contributed by atoms with van der Waals surface area (Å²) in [6, 6.07) is 12.2. The Morgan fingerprint density at radius 3 is 2.32 bits per heavy atom. The SMILES string of the molecule is O=C1NC(=O)c2cc3c(cc21)c(Cl)c(-c1ccccc1)n3O. The van der Waals surface area contributed by atoms with Gasteiger partial charge in [-0.05, 0) is 12.1 Å². The van der Waals surface area contributed by atoms with Crippen molar-refractivity contribution in [2.75, 3.05) is 0 Å². The molecule has 2 aromatic carbocycles. The third kappa shape index (κ3) is 1.60. The molecule has 6 heteroatoms. The van der Waals surface area contributed by atoms with Crippen molar-refractivity contribution in [3.63, 3.8) is 0 Å². The van der Waals surface area contributed by atoms with E-state index in [0.29, 0.717) is 21.6 Å². The van der Waals surface area contributed by atoms with Crippen molar-refractivity contribution < 1.29 is 14.8 Å². The smallest absolute Gasteiger partial charge is 0.259 e. The van der Waals surface area contributed by atoms with E-state index in [1.54, 1.807) is 0 Å². The van der Waals surface area contributed by atoms with Gasteiger partial charge in [-0.3, -0.25) is 14.9 Å². The van der Waals surface area contributed by atoms with Crippen LogP contribution in [0, 0.1) is 0 Å². The molecule has 4 rings (SSSR count). The lowest BCUT2D eigenvalue weighted by Gasteiger charge is -2.03. The average molecular weight is 313 g/mol. The van der Waals surface area contributed by atoms with Crippen molar-refractivity contribution in [2.45, 2.75) is 0 Å². The molecule has 108 valence electrons. The van der Waals surface area contributed by atoms with Crippen LogP contribution in [0.5, 0.6) is 0 Å². The Balaban J connectivity index is 2.07. The van der Waals surface area contributed by atoms with Crippen LogP contribution in [0.2, 0.25) is 5.02 Å². The molecule has 2 amide bonds. The Kier molecular flexibility index (Phi) is 2.55. The predicted octanol–water partition coefficient (Wildman–Crippen LogP) is 3.08. The molecule has 0 unspecified atom stereocenters. The van der Waals surface area contributed by atoms with Gasteiger partial charge in [0.2, 0.25) is 0 Å². The number of carbonyl (C=O) groups excluding carboxylic acids is 2. The zero-order valence-electron chi connectivity index (χ0n) is 11.1. The number of hydrogen-bond donors (Lipinski definition) is 2. The van der Waals surface area contributed by atoms with Crippen LogP contribution in [-0.4, -0.2) is 21.8 Å². The first-order chi connectivity index (χ1) is 10.6. The Morgan fingerprint density at radius 1 is 1.00 bits per heavy atom. The minimum absolute atomic E-state index is 0.238. The minimum atomic E-state index is -0.472. The van der Waals surface area contributed by atoms with Crippen molar-refractivity contribution in [3.05, 3.63) is 58.6 Å². The molecule has 1 aliphatic rings. The first-order valence-corrected chi connectivity index (χ1v) is 6.94. The van der Waals surface area contributed by atoms with Gasteiger partial charge in [-0.2, -0.15) is 4.73 Å². The predicted molar refractivity (Wildman–Crippen MR) is 81.4 cm³/mol. The van der Waals surface area contributed by atoms with Crippen LogP contribution >= 0.6 is 11.6 Å². The zero-order valence-corrected chi connectivity index (χ0v) is 11.9. The number of nitrogens with zero attached hydrogens (tertiary/aromatic N) is 1. The van der Waals surface area contributed by atoms with Gasteiger partial charge in [-0.15, -0.1) is 0 Å². The van der Waals surface area contributed by atoms with Crippen molar-refractivity contribution >= 4 is 34.3 Å². The highest BCUT2D eigenvalue weighted by atomic mass is 35.5. The van der Waals surface area contributed by atoms with Gasteiger partial charge in [0.05, 0.1) is 21.7 Å². The Bertz CT molecular complexity index is 904. The number of fused-ring (bicyclic) bond motifs is 2. The van der Waals surface area contributed by atoms with Crippen LogP contribution in [0.4, 0.5) is 0 Å². The molecule has 2 heterocycles. The van der Waals surface area contributed by atoms with Crippen molar-refractivity contribution in [3.8, 4) is 11.3 Å². The molecule has 0 aliphatic carbocycles. The maximum absolute atomic E-state index is 11.7. The van der Waals surface area contributed by atoms with Crippen LogP contribution in [0.3, 0.4) is 0 Å². The minimum Gasteiger partial charge on any atom is -0.428 e. The Hall–Kier alpha value is -2.79. The molecule has 0 spiro atoms.